The molecular weight excluding hydrogens is 256 g/mol. The third kappa shape index (κ3) is 3.81. The molecule has 0 N–H and O–H groups in total. The highest BCUT2D eigenvalue weighted by molar-refractivity contribution is 6.77. The normalized spacial score (nSPS) is 23.8. The Morgan fingerprint density at radius 3 is 1.84 bits per heavy atom. The summed E-state index contributed by atoms with van der Waals surface area (Å²) >= 11 is 0. The molecule has 114 valence electrons. The molecule has 0 spiro atoms. The Hall–Kier alpha value is 0.0969. The van der Waals surface area contributed by atoms with Crippen molar-refractivity contribution in [1.29, 1.82) is 0 Å². The Morgan fingerprint density at radius 2 is 1.53 bits per heavy atom. The maximum absolute atomic E-state index is 6.53. The fourth-order valence-corrected chi connectivity index (χ4v) is 9.06. The zero-order valence-corrected chi connectivity index (χ0v) is 14.9. The molecule has 1 aliphatic heterocycles. The van der Waals surface area contributed by atoms with Gasteiger partial charge in [-0.25, -0.2) is 0 Å². The van der Waals surface area contributed by atoms with Crippen molar-refractivity contribution in [3.63, 3.8) is 0 Å². The van der Waals surface area contributed by atoms with Crippen LogP contribution < -0.4 is 0 Å². The van der Waals surface area contributed by atoms with Crippen LogP contribution in [-0.2, 0) is 13.9 Å². The van der Waals surface area contributed by atoms with Gasteiger partial charge in [-0.2, -0.15) is 0 Å². The van der Waals surface area contributed by atoms with Crippen molar-refractivity contribution in [2.24, 2.45) is 0 Å². The minimum atomic E-state index is -1.78. The summed E-state index contributed by atoms with van der Waals surface area (Å²) in [6, 6.07) is 0. The highest BCUT2D eigenvalue weighted by Crippen LogP contribution is 2.42. The van der Waals surface area contributed by atoms with E-state index < -0.39 is 14.1 Å². The van der Waals surface area contributed by atoms with Crippen LogP contribution in [0.1, 0.15) is 55.4 Å². The minimum absolute atomic E-state index is 0.0816. The summed E-state index contributed by atoms with van der Waals surface area (Å²) in [6.45, 7) is 19.1. The average Bonchev–Trinajstić information content (AvgIpc) is 2.57. The lowest BCUT2D eigenvalue weighted by molar-refractivity contribution is -0.141. The van der Waals surface area contributed by atoms with Crippen LogP contribution >= 0.6 is 0 Å². The van der Waals surface area contributed by atoms with E-state index in [4.69, 9.17) is 13.9 Å². The molecule has 1 fully saturated rings. The Labute approximate surface area is 120 Å². The van der Waals surface area contributed by atoms with Crippen LogP contribution in [0.15, 0.2) is 0 Å². The Bertz CT molecular complexity index is 265. The third-order valence-electron chi connectivity index (χ3n) is 4.29. The Kier molecular flexibility index (Phi) is 5.64. The summed E-state index contributed by atoms with van der Waals surface area (Å²) in [5.74, 6) is -0.453. The molecule has 1 unspecified atom stereocenters. The summed E-state index contributed by atoms with van der Waals surface area (Å²) < 4.78 is 18.0. The van der Waals surface area contributed by atoms with Gasteiger partial charge >= 0.3 is 0 Å². The van der Waals surface area contributed by atoms with Crippen LogP contribution in [0.4, 0.5) is 0 Å². The standard InChI is InChI=1S/C15H32O3Si/c1-11(2)19(12(3)4,13(5)6)17-10-14-9-16-15(7,8)18-14/h11-14H,9-10H2,1-8H3. The number of rotatable bonds is 6. The van der Waals surface area contributed by atoms with Gasteiger partial charge in [-0.15, -0.1) is 0 Å². The molecule has 0 aliphatic carbocycles. The van der Waals surface area contributed by atoms with Gasteiger partial charge in [-0.05, 0) is 30.5 Å². The largest absolute Gasteiger partial charge is 0.413 e. The van der Waals surface area contributed by atoms with E-state index in [2.05, 4.69) is 41.5 Å². The van der Waals surface area contributed by atoms with Gasteiger partial charge in [0.25, 0.3) is 0 Å². The quantitative estimate of drug-likeness (QED) is 0.681. The lowest BCUT2D eigenvalue weighted by atomic mass is 10.4. The van der Waals surface area contributed by atoms with Gasteiger partial charge in [0.1, 0.15) is 6.10 Å². The molecule has 0 aromatic carbocycles. The van der Waals surface area contributed by atoms with Crippen molar-refractivity contribution in [1.82, 2.24) is 0 Å². The first kappa shape index (κ1) is 17.1. The summed E-state index contributed by atoms with van der Waals surface area (Å²) in [5.41, 5.74) is 1.84. The fourth-order valence-electron chi connectivity index (χ4n) is 3.58. The van der Waals surface area contributed by atoms with E-state index in [1.54, 1.807) is 0 Å². The minimum Gasteiger partial charge on any atom is -0.413 e. The molecule has 1 atom stereocenters. The SMILES string of the molecule is CC(C)[Si](OCC1COC(C)(C)O1)(C(C)C)C(C)C. The molecule has 4 heteroatoms. The van der Waals surface area contributed by atoms with Crippen LogP contribution in [0.3, 0.4) is 0 Å². The van der Waals surface area contributed by atoms with Crippen LogP contribution in [0.25, 0.3) is 0 Å². The lowest BCUT2D eigenvalue weighted by Gasteiger charge is -2.42. The molecule has 1 aliphatic rings. The van der Waals surface area contributed by atoms with Gasteiger partial charge in [0, 0.05) is 0 Å². The van der Waals surface area contributed by atoms with Gasteiger partial charge in [0.05, 0.1) is 13.2 Å². The molecule has 1 rings (SSSR count). The molecule has 3 nitrogen and oxygen atoms in total. The van der Waals surface area contributed by atoms with Crippen LogP contribution in [0.2, 0.25) is 16.6 Å². The molecule has 0 bridgehead atoms. The van der Waals surface area contributed by atoms with Crippen LogP contribution in [0, 0.1) is 0 Å². The van der Waals surface area contributed by atoms with Crippen molar-refractivity contribution in [3.05, 3.63) is 0 Å². The summed E-state index contributed by atoms with van der Waals surface area (Å²) in [4.78, 5) is 0. The molecule has 0 saturated carbocycles. The smallest absolute Gasteiger partial charge is 0.200 e. The first-order valence-corrected chi connectivity index (χ1v) is 9.71. The first-order chi connectivity index (χ1) is 8.62. The molecule has 0 amide bonds. The van der Waals surface area contributed by atoms with E-state index in [0.29, 0.717) is 29.8 Å². The summed E-state index contributed by atoms with van der Waals surface area (Å²) in [7, 11) is -1.78. The molecule has 0 aromatic rings. The van der Waals surface area contributed by atoms with Gasteiger partial charge in [-0.3, -0.25) is 0 Å². The zero-order chi connectivity index (χ0) is 14.8. The van der Waals surface area contributed by atoms with Gasteiger partial charge in [0.2, 0.25) is 0 Å². The second-order valence-corrected chi connectivity index (χ2v) is 12.5. The van der Waals surface area contributed by atoms with Crippen molar-refractivity contribution >= 4 is 8.32 Å². The van der Waals surface area contributed by atoms with Gasteiger partial charge < -0.3 is 13.9 Å². The maximum Gasteiger partial charge on any atom is 0.200 e. The zero-order valence-electron chi connectivity index (χ0n) is 13.9. The van der Waals surface area contributed by atoms with E-state index in [9.17, 15) is 0 Å². The van der Waals surface area contributed by atoms with Crippen molar-refractivity contribution in [3.8, 4) is 0 Å². The van der Waals surface area contributed by atoms with E-state index in [1.165, 1.54) is 0 Å². The van der Waals surface area contributed by atoms with E-state index >= 15 is 0 Å². The van der Waals surface area contributed by atoms with Crippen LogP contribution in [-0.4, -0.2) is 33.4 Å². The predicted molar refractivity (Wildman–Crippen MR) is 81.9 cm³/mol. The average molecular weight is 289 g/mol. The van der Waals surface area contributed by atoms with Crippen molar-refractivity contribution < 1.29 is 13.9 Å². The molecular formula is C15H32O3Si. The first-order valence-electron chi connectivity index (χ1n) is 7.57. The highest BCUT2D eigenvalue weighted by Gasteiger charge is 2.46. The number of ether oxygens (including phenoxy) is 2. The van der Waals surface area contributed by atoms with Gasteiger partial charge in [-0.1, -0.05) is 41.5 Å². The monoisotopic (exact) mass is 288 g/mol. The summed E-state index contributed by atoms with van der Waals surface area (Å²) in [6.07, 6.45) is 0.0816. The summed E-state index contributed by atoms with van der Waals surface area (Å²) in [5, 5.41) is 0. The number of hydrogen-bond acceptors (Lipinski definition) is 3. The van der Waals surface area contributed by atoms with Crippen LogP contribution in [0.5, 0.6) is 0 Å². The fraction of sp³-hybridized carbons (Fsp3) is 1.00. The molecule has 1 saturated heterocycles. The molecule has 1 heterocycles. The second kappa shape index (κ2) is 6.25. The Balaban J connectivity index is 2.69. The van der Waals surface area contributed by atoms with Gasteiger partial charge in [0.15, 0.2) is 14.1 Å². The predicted octanol–water partition coefficient (Wildman–Crippen LogP) is 4.33. The maximum atomic E-state index is 6.53. The topological polar surface area (TPSA) is 27.7 Å². The lowest BCUT2D eigenvalue weighted by Crippen LogP contribution is -2.49. The van der Waals surface area contributed by atoms with E-state index in [0.717, 1.165) is 0 Å². The third-order valence-corrected chi connectivity index (χ3v) is 10.4. The Morgan fingerprint density at radius 1 is 1.05 bits per heavy atom. The molecule has 0 radical (unpaired) electrons. The molecule has 0 aromatic heterocycles. The highest BCUT2D eigenvalue weighted by atomic mass is 28.4. The van der Waals surface area contributed by atoms with E-state index in [1.807, 2.05) is 13.8 Å². The number of hydrogen-bond donors (Lipinski definition) is 0. The van der Waals surface area contributed by atoms with Crippen molar-refractivity contribution in [2.45, 2.75) is 83.9 Å². The van der Waals surface area contributed by atoms with E-state index in [-0.39, 0.29) is 6.10 Å². The van der Waals surface area contributed by atoms with Crippen molar-refractivity contribution in [2.75, 3.05) is 13.2 Å². The second-order valence-electron chi connectivity index (χ2n) is 7.08. The molecule has 19 heavy (non-hydrogen) atoms.